The van der Waals surface area contributed by atoms with Gasteiger partial charge >= 0.3 is 0 Å². The van der Waals surface area contributed by atoms with Crippen LogP contribution in [0.3, 0.4) is 0 Å². The van der Waals surface area contributed by atoms with Crippen molar-refractivity contribution in [1.29, 1.82) is 0 Å². The van der Waals surface area contributed by atoms with Crippen molar-refractivity contribution in [2.24, 2.45) is 0 Å². The molecule has 0 saturated heterocycles. The molecule has 1 N–H and O–H groups in total. The Labute approximate surface area is 99.7 Å². The number of hydrogen-bond acceptors (Lipinski definition) is 2. The first kappa shape index (κ1) is 14.9. The van der Waals surface area contributed by atoms with Crippen molar-refractivity contribution in [1.82, 2.24) is 10.2 Å². The summed E-state index contributed by atoms with van der Waals surface area (Å²) in [5.41, 5.74) is 0. The molecule has 0 bridgehead atoms. The van der Waals surface area contributed by atoms with Crippen LogP contribution in [0.1, 0.15) is 26.7 Å². The van der Waals surface area contributed by atoms with Gasteiger partial charge in [-0.05, 0) is 46.8 Å². The van der Waals surface area contributed by atoms with Crippen LogP contribution in [0.5, 0.6) is 0 Å². The Kier molecular flexibility index (Phi) is 10.4. The minimum Gasteiger partial charge on any atom is -0.313 e. The fourth-order valence-electron chi connectivity index (χ4n) is 1.20. The third-order valence-corrected chi connectivity index (χ3v) is 2.69. The molecule has 0 aromatic rings. The lowest BCUT2D eigenvalue weighted by Gasteiger charge is -2.20. The van der Waals surface area contributed by atoms with Crippen LogP contribution in [0.2, 0.25) is 0 Å². The number of unbranched alkanes of at least 4 members (excludes halogenated alkanes) is 1. The molecule has 0 aliphatic heterocycles. The highest BCUT2D eigenvalue weighted by Gasteiger charge is 2.00. The molecule has 0 spiro atoms. The normalized spacial score (nSPS) is 12.1. The van der Waals surface area contributed by atoms with Gasteiger partial charge < -0.3 is 10.2 Å². The van der Waals surface area contributed by atoms with E-state index in [1.54, 1.807) is 0 Å². The average Bonchev–Trinajstić information content (AvgIpc) is 2.21. The Balaban J connectivity index is 3.14. The van der Waals surface area contributed by atoms with Gasteiger partial charge in [-0.2, -0.15) is 0 Å². The Morgan fingerprint density at radius 1 is 1.27 bits per heavy atom. The van der Waals surface area contributed by atoms with Crippen LogP contribution < -0.4 is 5.32 Å². The van der Waals surface area contributed by atoms with E-state index in [1.165, 1.54) is 19.4 Å². The molecular weight excluding hydrogens is 208 g/mol. The maximum Gasteiger partial charge on any atom is 0.0404 e. The minimum absolute atomic E-state index is 0.612. The van der Waals surface area contributed by atoms with Crippen molar-refractivity contribution in [2.45, 2.75) is 32.7 Å². The number of hydrogen-bond donors (Lipinski definition) is 1. The molecular formula is C12H25ClN2. The number of rotatable bonds is 9. The van der Waals surface area contributed by atoms with Gasteiger partial charge in [0.15, 0.2) is 0 Å². The highest BCUT2D eigenvalue weighted by Crippen LogP contribution is 1.97. The highest BCUT2D eigenvalue weighted by atomic mass is 35.5. The van der Waals surface area contributed by atoms with Crippen molar-refractivity contribution in [3.63, 3.8) is 0 Å². The van der Waals surface area contributed by atoms with Crippen LogP contribution in [0.4, 0.5) is 0 Å². The molecule has 0 aromatic carbocycles. The highest BCUT2D eigenvalue weighted by molar-refractivity contribution is 6.18. The van der Waals surface area contributed by atoms with E-state index in [0.717, 1.165) is 13.1 Å². The molecule has 2 nitrogen and oxygen atoms in total. The van der Waals surface area contributed by atoms with Crippen LogP contribution in [-0.2, 0) is 0 Å². The van der Waals surface area contributed by atoms with Gasteiger partial charge in [-0.1, -0.05) is 12.2 Å². The lowest BCUT2D eigenvalue weighted by atomic mass is 10.2. The third-order valence-electron chi connectivity index (χ3n) is 2.51. The van der Waals surface area contributed by atoms with Gasteiger partial charge in [0, 0.05) is 18.5 Å². The lowest BCUT2D eigenvalue weighted by molar-refractivity contribution is 0.268. The summed E-state index contributed by atoms with van der Waals surface area (Å²) in [5, 5.41) is 3.36. The number of nitrogens with one attached hydrogen (secondary N) is 1. The van der Waals surface area contributed by atoms with Crippen LogP contribution >= 0.6 is 11.6 Å². The molecule has 0 aliphatic carbocycles. The lowest BCUT2D eigenvalue weighted by Crippen LogP contribution is -2.27. The van der Waals surface area contributed by atoms with Crippen LogP contribution in [0, 0.1) is 0 Å². The molecule has 0 heterocycles. The minimum atomic E-state index is 0.612. The van der Waals surface area contributed by atoms with E-state index >= 15 is 0 Å². The Bertz CT molecular complexity index is 158. The fraction of sp³-hybridized carbons (Fsp3) is 0.833. The molecule has 0 radical (unpaired) electrons. The van der Waals surface area contributed by atoms with Crippen LogP contribution in [0.15, 0.2) is 12.2 Å². The second-order valence-corrected chi connectivity index (χ2v) is 4.42. The summed E-state index contributed by atoms with van der Waals surface area (Å²) in [6.45, 7) is 7.69. The predicted octanol–water partition coefficient (Wildman–Crippen LogP) is 2.49. The first-order chi connectivity index (χ1) is 7.18. The molecule has 0 unspecified atom stereocenters. The zero-order valence-electron chi connectivity index (χ0n) is 10.3. The largest absolute Gasteiger partial charge is 0.313 e. The number of allylic oxidation sites excluding steroid dienone is 1. The first-order valence-electron chi connectivity index (χ1n) is 5.80. The summed E-state index contributed by atoms with van der Waals surface area (Å²) >= 11 is 5.51. The van der Waals surface area contributed by atoms with E-state index < -0.39 is 0 Å². The Morgan fingerprint density at radius 2 is 2.00 bits per heavy atom. The summed E-state index contributed by atoms with van der Waals surface area (Å²) in [7, 11) is 2.18. The maximum atomic E-state index is 5.51. The van der Waals surface area contributed by atoms with Crippen molar-refractivity contribution in [3.8, 4) is 0 Å². The zero-order valence-corrected chi connectivity index (χ0v) is 11.1. The molecule has 3 heteroatoms. The first-order valence-corrected chi connectivity index (χ1v) is 6.34. The summed E-state index contributed by atoms with van der Waals surface area (Å²) in [5.74, 6) is 0.612. The number of halogens is 1. The van der Waals surface area contributed by atoms with E-state index in [0.29, 0.717) is 11.9 Å². The average molecular weight is 233 g/mol. The fourth-order valence-corrected chi connectivity index (χ4v) is 1.33. The monoisotopic (exact) mass is 232 g/mol. The van der Waals surface area contributed by atoms with E-state index in [-0.39, 0.29) is 0 Å². The molecule has 0 fully saturated rings. The molecule has 0 aliphatic rings. The number of alkyl halides is 1. The molecule has 0 amide bonds. The summed E-state index contributed by atoms with van der Waals surface area (Å²) in [6, 6.07) is 0.657. The van der Waals surface area contributed by atoms with Gasteiger partial charge in [-0.15, -0.1) is 11.6 Å². The summed E-state index contributed by atoms with van der Waals surface area (Å²) in [4.78, 5) is 2.38. The van der Waals surface area contributed by atoms with Crippen molar-refractivity contribution in [2.75, 3.05) is 32.6 Å². The molecule has 90 valence electrons. The summed E-state index contributed by atoms with van der Waals surface area (Å²) in [6.07, 6.45) is 6.56. The van der Waals surface area contributed by atoms with Crippen molar-refractivity contribution >= 4 is 11.6 Å². The van der Waals surface area contributed by atoms with Crippen LogP contribution in [0.25, 0.3) is 0 Å². The topological polar surface area (TPSA) is 15.3 Å². The second kappa shape index (κ2) is 10.5. The molecule has 0 atom stereocenters. The SMILES string of the molecule is CC(C)N(C)CCCCNC/C=C/CCl. The van der Waals surface area contributed by atoms with E-state index in [2.05, 4.69) is 37.2 Å². The van der Waals surface area contributed by atoms with Gasteiger partial charge in [0.2, 0.25) is 0 Å². The van der Waals surface area contributed by atoms with Gasteiger partial charge in [0.05, 0.1) is 0 Å². The van der Waals surface area contributed by atoms with Crippen molar-refractivity contribution in [3.05, 3.63) is 12.2 Å². The van der Waals surface area contributed by atoms with E-state index in [9.17, 15) is 0 Å². The standard InChI is InChI=1S/C12H25ClN2/c1-12(2)15(3)11-7-6-10-14-9-5-4-8-13/h4-5,12,14H,6-11H2,1-3H3/b5-4+. The van der Waals surface area contributed by atoms with Crippen molar-refractivity contribution < 1.29 is 0 Å². The van der Waals surface area contributed by atoms with Gasteiger partial charge in [0.1, 0.15) is 0 Å². The van der Waals surface area contributed by atoms with Gasteiger partial charge in [-0.3, -0.25) is 0 Å². The summed E-state index contributed by atoms with van der Waals surface area (Å²) < 4.78 is 0. The molecule has 15 heavy (non-hydrogen) atoms. The third kappa shape index (κ3) is 10.2. The Morgan fingerprint density at radius 3 is 2.60 bits per heavy atom. The zero-order chi connectivity index (χ0) is 11.5. The van der Waals surface area contributed by atoms with Crippen LogP contribution in [-0.4, -0.2) is 43.5 Å². The van der Waals surface area contributed by atoms with Gasteiger partial charge in [-0.25, -0.2) is 0 Å². The predicted molar refractivity (Wildman–Crippen MR) is 69.7 cm³/mol. The Hall–Kier alpha value is -0.0500. The smallest absolute Gasteiger partial charge is 0.0404 e. The molecule has 0 rings (SSSR count). The quantitative estimate of drug-likeness (QED) is 0.373. The number of nitrogens with zero attached hydrogens (tertiary/aromatic N) is 1. The second-order valence-electron chi connectivity index (χ2n) is 4.11. The molecule has 0 aromatic heterocycles. The van der Waals surface area contributed by atoms with E-state index in [4.69, 9.17) is 11.6 Å². The maximum absolute atomic E-state index is 5.51. The van der Waals surface area contributed by atoms with E-state index in [1.807, 2.05) is 6.08 Å². The molecule has 0 saturated carbocycles. The van der Waals surface area contributed by atoms with Gasteiger partial charge in [0.25, 0.3) is 0 Å².